The van der Waals surface area contributed by atoms with E-state index in [0.717, 1.165) is 26.2 Å². The molecule has 6 rings (SSSR count). The first-order valence-electron chi connectivity index (χ1n) is 19.4. The molecular weight excluding hydrogens is 709 g/mol. The Hall–Kier alpha value is -4.75. The van der Waals surface area contributed by atoms with Gasteiger partial charge in [0.25, 0.3) is 0 Å². The van der Waals surface area contributed by atoms with Crippen molar-refractivity contribution in [2.45, 2.75) is 52.5 Å². The number of Topliss-reactive ketones (excluding diaryl/α,β-unsaturated/α-hetero) is 1. The van der Waals surface area contributed by atoms with Crippen molar-refractivity contribution in [3.8, 4) is 22.3 Å². The maximum Gasteiger partial charge on any atom is 0.331 e. The molecule has 2 aliphatic carbocycles. The molecular formula is C45H62N4O7. The lowest BCUT2D eigenvalue weighted by molar-refractivity contribution is -0.147. The van der Waals surface area contributed by atoms with E-state index in [9.17, 15) is 14.4 Å². The molecule has 0 spiro atoms. The lowest BCUT2D eigenvalue weighted by atomic mass is 9.98. The molecule has 11 heteroatoms. The van der Waals surface area contributed by atoms with Crippen molar-refractivity contribution < 1.29 is 34.1 Å². The van der Waals surface area contributed by atoms with Crippen LogP contribution in [0.4, 0.5) is 0 Å². The summed E-state index contributed by atoms with van der Waals surface area (Å²) in [5.74, 6) is -0.610. The summed E-state index contributed by atoms with van der Waals surface area (Å²) < 4.78 is 10.5. The van der Waals surface area contributed by atoms with Crippen molar-refractivity contribution in [2.75, 3.05) is 66.2 Å². The minimum atomic E-state index is -0.582. The third-order valence-corrected chi connectivity index (χ3v) is 8.92. The molecule has 0 bridgehead atoms. The molecule has 0 amide bonds. The number of hydrogen-bond acceptors (Lipinski definition) is 11. The van der Waals surface area contributed by atoms with Gasteiger partial charge < -0.3 is 41.4 Å². The van der Waals surface area contributed by atoms with E-state index in [4.69, 9.17) is 25.4 Å². The summed E-state index contributed by atoms with van der Waals surface area (Å²) in [6.45, 7) is 13.5. The van der Waals surface area contributed by atoms with Gasteiger partial charge >= 0.3 is 11.9 Å². The highest BCUT2D eigenvalue weighted by Crippen LogP contribution is 2.45. The second-order valence-corrected chi connectivity index (χ2v) is 12.8. The van der Waals surface area contributed by atoms with Gasteiger partial charge in [-0.1, -0.05) is 125 Å². The van der Waals surface area contributed by atoms with Crippen LogP contribution in [0.5, 0.6) is 0 Å². The zero-order chi connectivity index (χ0) is 41.3. The molecule has 0 saturated heterocycles. The Morgan fingerprint density at radius 2 is 0.964 bits per heavy atom. The number of rotatable bonds is 13. The van der Waals surface area contributed by atoms with Crippen LogP contribution in [0.15, 0.2) is 97.1 Å². The summed E-state index contributed by atoms with van der Waals surface area (Å²) in [6, 6.07) is 32.6. The number of likely N-dealkylation sites (N-methyl/N-ethyl adjacent to an activating group) is 2. The third-order valence-electron chi connectivity index (χ3n) is 8.92. The maximum atomic E-state index is 11.7. The molecule has 0 saturated carbocycles. The summed E-state index contributed by atoms with van der Waals surface area (Å²) >= 11 is 0. The van der Waals surface area contributed by atoms with E-state index >= 15 is 0 Å². The minimum Gasteiger partial charge on any atom is -0.464 e. The molecule has 0 fully saturated rings. The summed E-state index contributed by atoms with van der Waals surface area (Å²) in [7, 11) is 1.64. The average Bonchev–Trinajstić information content (AvgIpc) is 3.72. The van der Waals surface area contributed by atoms with Crippen LogP contribution in [0.25, 0.3) is 22.3 Å². The van der Waals surface area contributed by atoms with E-state index in [1.54, 1.807) is 7.05 Å². The largest absolute Gasteiger partial charge is 0.464 e. The van der Waals surface area contributed by atoms with Gasteiger partial charge in [-0.05, 0) is 84.7 Å². The number of nitrogens with one attached hydrogen (secondary N) is 3. The van der Waals surface area contributed by atoms with Crippen LogP contribution in [-0.4, -0.2) is 100 Å². The number of aliphatic hydroxyl groups excluding tert-OH is 2. The molecule has 2 aliphatic rings. The summed E-state index contributed by atoms with van der Waals surface area (Å²) in [5.41, 5.74) is 14.6. The lowest BCUT2D eigenvalue weighted by Crippen LogP contribution is -2.35. The Labute approximate surface area is 333 Å². The number of hydrogen-bond donors (Lipinski definition) is 6. The lowest BCUT2D eigenvalue weighted by Gasteiger charge is -2.14. The first kappa shape index (κ1) is 47.4. The zero-order valence-electron chi connectivity index (χ0n) is 33.8. The van der Waals surface area contributed by atoms with E-state index in [1.807, 2.05) is 50.2 Å². The first-order chi connectivity index (χ1) is 27.2. The standard InChI is InChI=1S/C18H19NO2.C16H14O3.C5H11NO2.C4H11N.C2H7N/c1-2-19-11-18(20)21-12-17-15-9-5-3-7-13(15)14-8-4-6-10-16(14)17;17-9-16(18)19-10-15-13-7-3-1-5-11(13)12-6-2-4-8-14(12)15;1-4(8)5(3-7)6-2;1-3-5-4-2;1-2-3/h3-10,17,19H,2,11-12H2,1H3;1-8,15,17H,9-10H2;5-7H,3H2,1-2H3;5H,3-4H2,1-2H3;2-3H2,1H3/t;;5-;;/m..0../s1. The highest BCUT2D eigenvalue weighted by molar-refractivity contribution is 5.82. The number of fused-ring (bicyclic) bond motifs is 6. The number of nitrogens with two attached hydrogens (primary N) is 1. The molecule has 0 radical (unpaired) electrons. The van der Waals surface area contributed by atoms with Crippen molar-refractivity contribution in [1.82, 2.24) is 16.0 Å². The highest BCUT2D eigenvalue weighted by Gasteiger charge is 2.30. The van der Waals surface area contributed by atoms with Crippen LogP contribution < -0.4 is 21.7 Å². The van der Waals surface area contributed by atoms with Crippen molar-refractivity contribution >= 4 is 17.7 Å². The van der Waals surface area contributed by atoms with Crippen LogP contribution >= 0.6 is 0 Å². The molecule has 56 heavy (non-hydrogen) atoms. The Kier molecular flexibility index (Phi) is 22.8. The highest BCUT2D eigenvalue weighted by atomic mass is 16.5. The van der Waals surface area contributed by atoms with E-state index in [-0.39, 0.29) is 49.4 Å². The van der Waals surface area contributed by atoms with Crippen LogP contribution in [-0.2, 0) is 23.9 Å². The Balaban J connectivity index is 0.000000282. The zero-order valence-corrected chi connectivity index (χ0v) is 33.8. The van der Waals surface area contributed by atoms with Gasteiger partial charge in [0.15, 0.2) is 0 Å². The van der Waals surface area contributed by atoms with Gasteiger partial charge in [-0.2, -0.15) is 0 Å². The fraction of sp³-hybridized carbons (Fsp3) is 0.400. The van der Waals surface area contributed by atoms with Gasteiger partial charge in [0.1, 0.15) is 25.6 Å². The summed E-state index contributed by atoms with van der Waals surface area (Å²) in [4.78, 5) is 33.2. The molecule has 1 atom stereocenters. The second-order valence-electron chi connectivity index (χ2n) is 12.8. The molecule has 4 aromatic carbocycles. The van der Waals surface area contributed by atoms with Gasteiger partial charge in [0.05, 0.1) is 19.2 Å². The first-order valence-corrected chi connectivity index (χ1v) is 19.4. The number of carbonyl (C=O) groups is 3. The summed E-state index contributed by atoms with van der Waals surface area (Å²) in [6.07, 6.45) is 0. The number of ketones is 1. The fourth-order valence-electron chi connectivity index (χ4n) is 6.23. The molecule has 11 nitrogen and oxygen atoms in total. The van der Waals surface area contributed by atoms with Crippen molar-refractivity contribution in [3.05, 3.63) is 119 Å². The molecule has 0 aromatic heterocycles. The van der Waals surface area contributed by atoms with Gasteiger partial charge in [0, 0.05) is 11.8 Å². The summed E-state index contributed by atoms with van der Waals surface area (Å²) in [5, 5.41) is 25.9. The number of esters is 2. The Morgan fingerprint density at radius 3 is 1.21 bits per heavy atom. The van der Waals surface area contributed by atoms with Gasteiger partial charge in [-0.25, -0.2) is 4.79 Å². The number of ether oxygens (including phenoxy) is 2. The quantitative estimate of drug-likeness (QED) is 0.101. The molecule has 0 unspecified atom stereocenters. The Bertz CT molecular complexity index is 1670. The normalized spacial score (nSPS) is 12.2. The SMILES string of the molecule is CCN.CCNCC.CCNCC(=O)OCC1c2ccccc2-c2ccccc21.CN[C@@H](CO)C(C)=O.O=C(CO)OCC1c2ccccc2-c2ccccc21. The Morgan fingerprint density at radius 1 is 0.625 bits per heavy atom. The van der Waals surface area contributed by atoms with Crippen LogP contribution in [0.2, 0.25) is 0 Å². The topological polar surface area (TPSA) is 172 Å². The fourth-order valence-corrected chi connectivity index (χ4v) is 6.23. The van der Waals surface area contributed by atoms with Gasteiger partial charge in [-0.15, -0.1) is 0 Å². The van der Waals surface area contributed by atoms with Gasteiger partial charge in [0.2, 0.25) is 0 Å². The van der Waals surface area contributed by atoms with E-state index in [0.29, 0.717) is 6.61 Å². The second kappa shape index (κ2) is 27.0. The molecule has 304 valence electrons. The molecule has 7 N–H and O–H groups in total. The molecule has 0 heterocycles. The van der Waals surface area contributed by atoms with E-state index in [1.165, 1.54) is 51.4 Å². The molecule has 0 aliphatic heterocycles. The predicted octanol–water partition coefficient (Wildman–Crippen LogP) is 5.02. The maximum absolute atomic E-state index is 11.7. The van der Waals surface area contributed by atoms with E-state index in [2.05, 4.69) is 90.5 Å². The van der Waals surface area contributed by atoms with Crippen molar-refractivity contribution in [2.24, 2.45) is 5.73 Å². The molecule has 4 aromatic rings. The van der Waals surface area contributed by atoms with Crippen LogP contribution in [0.1, 0.15) is 68.7 Å². The monoisotopic (exact) mass is 770 g/mol. The minimum absolute atomic E-state index is 0.0324. The smallest absolute Gasteiger partial charge is 0.331 e. The average molecular weight is 771 g/mol. The van der Waals surface area contributed by atoms with E-state index < -0.39 is 12.6 Å². The predicted molar refractivity (Wildman–Crippen MR) is 225 cm³/mol. The number of carbonyl (C=O) groups excluding carboxylic acids is 3. The van der Waals surface area contributed by atoms with Gasteiger partial charge in [-0.3, -0.25) is 9.59 Å². The number of aliphatic hydroxyl groups is 2. The van der Waals surface area contributed by atoms with Crippen LogP contribution in [0.3, 0.4) is 0 Å². The number of benzene rings is 4. The third kappa shape index (κ3) is 14.4. The van der Waals surface area contributed by atoms with Crippen molar-refractivity contribution in [1.29, 1.82) is 0 Å². The van der Waals surface area contributed by atoms with Crippen LogP contribution in [0, 0.1) is 0 Å². The van der Waals surface area contributed by atoms with Crippen molar-refractivity contribution in [3.63, 3.8) is 0 Å².